The maximum atomic E-state index is 5.06. The monoisotopic (exact) mass is 518 g/mol. The first kappa shape index (κ1) is 30.2. The molecule has 0 spiro atoms. The van der Waals surface area contributed by atoms with Crippen LogP contribution in [0.4, 0.5) is 0 Å². The Morgan fingerprint density at radius 2 is 0.680 bits per heavy atom. The Bertz CT molecular complexity index is 490. The van der Waals surface area contributed by atoms with E-state index in [2.05, 4.69) is 23.7 Å². The molecule has 0 amide bonds. The van der Waals surface area contributed by atoms with E-state index in [1.807, 2.05) is 0 Å². The second-order valence-electron chi connectivity index (χ2n) is 3.12. The van der Waals surface area contributed by atoms with E-state index in [4.69, 9.17) is 76.2 Å². The van der Waals surface area contributed by atoms with Crippen molar-refractivity contribution < 1.29 is 16.5 Å². The fourth-order valence-electron chi connectivity index (χ4n) is 0.665. The first-order chi connectivity index (χ1) is 11.4. The topological polar surface area (TPSA) is 0 Å². The van der Waals surface area contributed by atoms with Gasteiger partial charge in [0.1, 0.15) is 0 Å². The molecule has 0 atom stereocenters. The van der Waals surface area contributed by atoms with E-state index in [0.29, 0.717) is 40.0 Å². The van der Waals surface area contributed by atoms with Crippen molar-refractivity contribution in [2.45, 2.75) is 0 Å². The van der Waals surface area contributed by atoms with Crippen molar-refractivity contribution in [1.82, 2.24) is 0 Å². The van der Waals surface area contributed by atoms with Crippen molar-refractivity contribution in [3.05, 3.63) is 16.9 Å². The molecule has 0 rings (SSSR count). The largest absolute Gasteiger partial charge is 0.774 e. The SMILES string of the molecule is C#CCS/C([S-])=C(/[S-])SCC#C.C#CCS/C([S-])=C(/[S-])SCC#C.[Ni]. The predicted molar refractivity (Wildman–Crippen MR) is 129 cm³/mol. The van der Waals surface area contributed by atoms with E-state index < -0.39 is 0 Å². The van der Waals surface area contributed by atoms with Crippen LogP contribution < -0.4 is 0 Å². The van der Waals surface area contributed by atoms with Crippen molar-refractivity contribution in [2.75, 3.05) is 23.0 Å². The molecule has 0 radical (unpaired) electrons. The standard InChI is InChI=1S/2C8H8S4.Ni/c2*1-3-5-11-7(9)8(10)12-6-4-2;/h2*1-2,9-10H,5-6H2;/p-4/b2*8-7-;. The van der Waals surface area contributed by atoms with Gasteiger partial charge in [-0.2, -0.15) is 16.9 Å². The molecule has 0 N–H and O–H groups in total. The average molecular weight is 520 g/mol. The van der Waals surface area contributed by atoms with Crippen molar-refractivity contribution in [3.8, 4) is 49.4 Å². The van der Waals surface area contributed by atoms with Gasteiger partial charge in [0.15, 0.2) is 0 Å². The van der Waals surface area contributed by atoms with Gasteiger partial charge >= 0.3 is 0 Å². The van der Waals surface area contributed by atoms with E-state index in [1.165, 1.54) is 47.0 Å². The minimum absolute atomic E-state index is 0. The third kappa shape index (κ3) is 20.7. The molecule has 9 heteroatoms. The van der Waals surface area contributed by atoms with E-state index in [1.54, 1.807) is 0 Å². The fourth-order valence-corrected chi connectivity index (χ4v) is 4.11. The molecule has 0 bridgehead atoms. The summed E-state index contributed by atoms with van der Waals surface area (Å²) in [5.74, 6) is 12.2. The molecule has 25 heavy (non-hydrogen) atoms. The molecule has 0 aromatic heterocycles. The summed E-state index contributed by atoms with van der Waals surface area (Å²) in [7, 11) is 0. The van der Waals surface area contributed by atoms with E-state index in [-0.39, 0.29) is 16.5 Å². The molecule has 0 aliphatic rings. The summed E-state index contributed by atoms with van der Waals surface area (Å²) in [5.41, 5.74) is 0. The van der Waals surface area contributed by atoms with Crippen LogP contribution in [0.25, 0.3) is 0 Å². The molecule has 0 saturated heterocycles. The Balaban J connectivity index is -0.000000372. The zero-order valence-electron chi connectivity index (χ0n) is 12.7. The molecule has 0 nitrogen and oxygen atoms in total. The van der Waals surface area contributed by atoms with Crippen LogP contribution >= 0.6 is 47.0 Å². The molecule has 0 saturated carbocycles. The molecule has 0 aromatic carbocycles. The Kier molecular flexibility index (Phi) is 27.2. The van der Waals surface area contributed by atoms with Crippen LogP contribution in [0, 0.1) is 49.4 Å². The molecule has 0 aliphatic carbocycles. The number of hydrogen-bond acceptors (Lipinski definition) is 8. The van der Waals surface area contributed by atoms with Gasteiger partial charge < -0.3 is 50.5 Å². The average Bonchev–Trinajstić information content (AvgIpc) is 2.60. The first-order valence-corrected chi connectivity index (χ1v) is 11.4. The maximum Gasteiger partial charge on any atom is 0.0571 e. The fraction of sp³-hybridized carbons (Fsp3) is 0.250. The molecular weight excluding hydrogens is 507 g/mol. The Hall–Kier alpha value is 0.494. The van der Waals surface area contributed by atoms with Gasteiger partial charge in [-0.25, -0.2) is 0 Å². The van der Waals surface area contributed by atoms with E-state index >= 15 is 0 Å². The van der Waals surface area contributed by atoms with Crippen LogP contribution in [0.15, 0.2) is 16.9 Å². The summed E-state index contributed by atoms with van der Waals surface area (Å²) in [6.45, 7) is 0. The molecule has 0 fully saturated rings. The van der Waals surface area contributed by atoms with Gasteiger partial charge in [-0.3, -0.25) is 0 Å². The van der Waals surface area contributed by atoms with E-state index in [9.17, 15) is 0 Å². The van der Waals surface area contributed by atoms with E-state index in [0.717, 1.165) is 0 Å². The molecule has 0 aromatic rings. The summed E-state index contributed by atoms with van der Waals surface area (Å²) in [5, 5.41) is 0. The molecule has 138 valence electrons. The van der Waals surface area contributed by atoms with Gasteiger partial charge in [0.05, 0.1) is 23.0 Å². The molecular formula is C16H12NiS8-4. The predicted octanol–water partition coefficient (Wildman–Crippen LogP) is 3.88. The summed E-state index contributed by atoms with van der Waals surface area (Å²) in [6, 6.07) is 0. The Morgan fingerprint density at radius 3 is 0.800 bits per heavy atom. The van der Waals surface area contributed by atoms with Crippen molar-refractivity contribution in [3.63, 3.8) is 0 Å². The van der Waals surface area contributed by atoms with Crippen LogP contribution in [0.3, 0.4) is 0 Å². The van der Waals surface area contributed by atoms with Gasteiger partial charge in [0.25, 0.3) is 0 Å². The first-order valence-electron chi connectivity index (χ1n) is 5.86. The maximum absolute atomic E-state index is 5.06. The van der Waals surface area contributed by atoms with Crippen LogP contribution in [-0.2, 0) is 67.0 Å². The third-order valence-electron chi connectivity index (χ3n) is 1.48. The Morgan fingerprint density at radius 1 is 0.520 bits per heavy atom. The van der Waals surface area contributed by atoms with Gasteiger partial charge in [0, 0.05) is 16.5 Å². The molecule has 0 heterocycles. The number of thioether (sulfide) groups is 4. The minimum atomic E-state index is 0. The van der Waals surface area contributed by atoms with Crippen molar-refractivity contribution >= 4 is 97.6 Å². The number of rotatable bonds is 8. The smallest absolute Gasteiger partial charge is 0.0571 e. The molecule has 0 unspecified atom stereocenters. The van der Waals surface area contributed by atoms with Crippen molar-refractivity contribution in [1.29, 1.82) is 0 Å². The zero-order valence-corrected chi connectivity index (χ0v) is 20.2. The third-order valence-corrected chi connectivity index (χ3v) is 7.85. The van der Waals surface area contributed by atoms with Crippen LogP contribution in [0.2, 0.25) is 0 Å². The number of hydrogen-bond donors (Lipinski definition) is 0. The second kappa shape index (κ2) is 22.5. The molecule has 0 aliphatic heterocycles. The summed E-state index contributed by atoms with van der Waals surface area (Å²) >= 11 is 25.6. The van der Waals surface area contributed by atoms with Gasteiger partial charge in [-0.1, -0.05) is 23.7 Å². The Labute approximate surface area is 201 Å². The number of terminal acetylenes is 4. The van der Waals surface area contributed by atoms with Crippen molar-refractivity contribution in [2.24, 2.45) is 0 Å². The van der Waals surface area contributed by atoms with Gasteiger partial charge in [0.2, 0.25) is 0 Å². The summed E-state index contributed by atoms with van der Waals surface area (Å²) in [6.07, 6.45) is 20.3. The summed E-state index contributed by atoms with van der Waals surface area (Å²) in [4.78, 5) is 0. The van der Waals surface area contributed by atoms with Gasteiger partial charge in [-0.05, 0) is 0 Å². The summed E-state index contributed by atoms with van der Waals surface area (Å²) < 4.78 is 2.68. The van der Waals surface area contributed by atoms with Gasteiger partial charge in [-0.15, -0.1) is 72.7 Å². The van der Waals surface area contributed by atoms with Crippen LogP contribution in [0.1, 0.15) is 0 Å². The quantitative estimate of drug-likeness (QED) is 0.266. The van der Waals surface area contributed by atoms with Crippen LogP contribution in [0.5, 0.6) is 0 Å². The zero-order chi connectivity index (χ0) is 18.8. The second-order valence-corrected chi connectivity index (χ2v) is 9.73. The van der Waals surface area contributed by atoms with Crippen LogP contribution in [-0.4, -0.2) is 23.0 Å². The minimum Gasteiger partial charge on any atom is -0.774 e. The normalized spacial score (nSPS) is 10.7.